The summed E-state index contributed by atoms with van der Waals surface area (Å²) >= 11 is 0. The zero-order valence-electron chi connectivity index (χ0n) is 12.0. The molecule has 0 aliphatic rings. The molecule has 20 heavy (non-hydrogen) atoms. The molecule has 0 atom stereocenters. The number of hydrogen-bond acceptors (Lipinski definition) is 4. The van der Waals surface area contributed by atoms with Crippen molar-refractivity contribution in [3.8, 4) is 0 Å². The summed E-state index contributed by atoms with van der Waals surface area (Å²) in [4.78, 5) is 0. The number of nitrogens with zero attached hydrogens (tertiary/aromatic N) is 3. The van der Waals surface area contributed by atoms with E-state index in [1.165, 1.54) is 0 Å². The molecular weight excluding hydrogens is 250 g/mol. The molecule has 0 aliphatic carbocycles. The van der Waals surface area contributed by atoms with Crippen LogP contribution in [0.2, 0.25) is 0 Å². The SMILES string of the molecule is C=C(N)C(=C(\C)NC)/C(=C\C)n1nnc2ccccc21. The Labute approximate surface area is 118 Å². The summed E-state index contributed by atoms with van der Waals surface area (Å²) in [6, 6.07) is 7.80. The fraction of sp³-hybridized carbons (Fsp3) is 0.200. The van der Waals surface area contributed by atoms with E-state index in [4.69, 9.17) is 5.73 Å². The Morgan fingerprint density at radius 2 is 2.10 bits per heavy atom. The van der Waals surface area contributed by atoms with Crippen LogP contribution in [0.4, 0.5) is 0 Å². The average molecular weight is 269 g/mol. The van der Waals surface area contributed by atoms with E-state index >= 15 is 0 Å². The summed E-state index contributed by atoms with van der Waals surface area (Å²) in [5.74, 6) is 0. The Morgan fingerprint density at radius 3 is 2.70 bits per heavy atom. The molecule has 2 rings (SSSR count). The van der Waals surface area contributed by atoms with Crippen LogP contribution in [0.5, 0.6) is 0 Å². The Hall–Kier alpha value is -2.56. The third-order valence-electron chi connectivity index (χ3n) is 3.18. The van der Waals surface area contributed by atoms with Crippen molar-refractivity contribution in [2.45, 2.75) is 13.8 Å². The van der Waals surface area contributed by atoms with E-state index in [0.717, 1.165) is 28.0 Å². The summed E-state index contributed by atoms with van der Waals surface area (Å²) in [5.41, 5.74) is 10.8. The maximum Gasteiger partial charge on any atom is 0.113 e. The van der Waals surface area contributed by atoms with E-state index in [0.29, 0.717) is 5.70 Å². The van der Waals surface area contributed by atoms with E-state index in [9.17, 15) is 0 Å². The number of nitrogens with one attached hydrogen (secondary N) is 1. The summed E-state index contributed by atoms with van der Waals surface area (Å²) in [6.07, 6.45) is 1.95. The van der Waals surface area contributed by atoms with E-state index < -0.39 is 0 Å². The normalized spacial score (nSPS) is 13.2. The molecule has 1 aromatic carbocycles. The van der Waals surface area contributed by atoms with Crippen molar-refractivity contribution in [1.29, 1.82) is 0 Å². The Kier molecular flexibility index (Phi) is 3.89. The molecule has 0 unspecified atom stereocenters. The van der Waals surface area contributed by atoms with Crippen LogP contribution < -0.4 is 11.1 Å². The molecule has 104 valence electrons. The number of fused-ring (bicyclic) bond motifs is 1. The zero-order valence-corrected chi connectivity index (χ0v) is 12.0. The number of para-hydroxylation sites is 1. The highest BCUT2D eigenvalue weighted by atomic mass is 15.4. The van der Waals surface area contributed by atoms with Gasteiger partial charge in [0.25, 0.3) is 0 Å². The highest BCUT2D eigenvalue weighted by Gasteiger charge is 2.15. The smallest absolute Gasteiger partial charge is 0.113 e. The van der Waals surface area contributed by atoms with Crippen LogP contribution in [0.15, 0.2) is 53.9 Å². The molecule has 3 N–H and O–H groups in total. The fourth-order valence-corrected chi connectivity index (χ4v) is 2.14. The average Bonchev–Trinajstić information content (AvgIpc) is 2.87. The second-order valence-electron chi connectivity index (χ2n) is 4.44. The standard InChI is InChI=1S/C15H19N5/c1-5-13(15(10(2)16)11(3)17-4)20-14-9-7-6-8-12(14)18-19-20/h5-9,17H,2,16H2,1,3-4H3/b13-5+,15-11-. The molecule has 5 heteroatoms. The van der Waals surface area contributed by atoms with E-state index in [1.54, 1.807) is 4.68 Å². The van der Waals surface area contributed by atoms with Gasteiger partial charge in [-0.15, -0.1) is 5.10 Å². The molecule has 0 aliphatic heterocycles. The van der Waals surface area contributed by atoms with Crippen LogP contribution >= 0.6 is 0 Å². The Balaban J connectivity index is 2.67. The fourth-order valence-electron chi connectivity index (χ4n) is 2.14. The molecule has 0 amide bonds. The van der Waals surface area contributed by atoms with Gasteiger partial charge in [0.05, 0.1) is 11.2 Å². The molecule has 0 spiro atoms. The van der Waals surface area contributed by atoms with Gasteiger partial charge in [-0.05, 0) is 26.0 Å². The molecular formula is C15H19N5. The van der Waals surface area contributed by atoms with Gasteiger partial charge in [-0.2, -0.15) is 0 Å². The molecule has 0 fully saturated rings. The van der Waals surface area contributed by atoms with Gasteiger partial charge in [0, 0.05) is 24.0 Å². The molecule has 2 aromatic rings. The highest BCUT2D eigenvalue weighted by molar-refractivity contribution is 5.82. The van der Waals surface area contributed by atoms with Gasteiger partial charge in [0.2, 0.25) is 0 Å². The van der Waals surface area contributed by atoms with Crippen molar-refractivity contribution in [2.75, 3.05) is 7.05 Å². The van der Waals surface area contributed by atoms with E-state index in [-0.39, 0.29) is 0 Å². The molecule has 0 bridgehead atoms. The molecule has 0 radical (unpaired) electrons. The first-order chi connectivity index (χ1) is 9.60. The minimum absolute atomic E-state index is 0.490. The number of benzene rings is 1. The lowest BCUT2D eigenvalue weighted by Crippen LogP contribution is -2.15. The Bertz CT molecular complexity index is 706. The van der Waals surface area contributed by atoms with Crippen molar-refractivity contribution in [1.82, 2.24) is 20.3 Å². The van der Waals surface area contributed by atoms with Crippen molar-refractivity contribution >= 4 is 16.7 Å². The second-order valence-corrected chi connectivity index (χ2v) is 4.44. The minimum atomic E-state index is 0.490. The lowest BCUT2D eigenvalue weighted by molar-refractivity contribution is 0.831. The second kappa shape index (κ2) is 5.61. The first-order valence-electron chi connectivity index (χ1n) is 6.41. The largest absolute Gasteiger partial charge is 0.399 e. The van der Waals surface area contributed by atoms with Crippen molar-refractivity contribution in [3.05, 3.63) is 53.9 Å². The lowest BCUT2D eigenvalue weighted by atomic mass is 10.1. The van der Waals surface area contributed by atoms with Crippen LogP contribution in [0, 0.1) is 0 Å². The first-order valence-corrected chi connectivity index (χ1v) is 6.41. The van der Waals surface area contributed by atoms with Gasteiger partial charge in [0.1, 0.15) is 5.52 Å². The summed E-state index contributed by atoms with van der Waals surface area (Å²) in [5, 5.41) is 11.5. The summed E-state index contributed by atoms with van der Waals surface area (Å²) in [6.45, 7) is 7.76. The van der Waals surface area contributed by atoms with Crippen LogP contribution in [0.1, 0.15) is 13.8 Å². The number of nitrogens with two attached hydrogens (primary N) is 1. The van der Waals surface area contributed by atoms with Gasteiger partial charge in [-0.1, -0.05) is 30.0 Å². The zero-order chi connectivity index (χ0) is 14.7. The summed E-state index contributed by atoms with van der Waals surface area (Å²) in [7, 11) is 1.85. The lowest BCUT2D eigenvalue weighted by Gasteiger charge is -2.15. The predicted molar refractivity (Wildman–Crippen MR) is 82.6 cm³/mol. The number of aromatic nitrogens is 3. The quantitative estimate of drug-likeness (QED) is 0.835. The van der Waals surface area contributed by atoms with Gasteiger partial charge >= 0.3 is 0 Å². The van der Waals surface area contributed by atoms with Crippen molar-refractivity contribution < 1.29 is 0 Å². The molecule has 5 nitrogen and oxygen atoms in total. The van der Waals surface area contributed by atoms with Crippen LogP contribution in [-0.2, 0) is 0 Å². The van der Waals surface area contributed by atoms with Crippen molar-refractivity contribution in [2.24, 2.45) is 5.73 Å². The van der Waals surface area contributed by atoms with Gasteiger partial charge in [-0.25, -0.2) is 4.68 Å². The molecule has 1 aromatic heterocycles. The molecule has 0 saturated heterocycles. The first kappa shape index (κ1) is 13.9. The summed E-state index contributed by atoms with van der Waals surface area (Å²) < 4.78 is 1.78. The predicted octanol–water partition coefficient (Wildman–Crippen LogP) is 2.26. The molecule has 1 heterocycles. The van der Waals surface area contributed by atoms with Crippen LogP contribution in [-0.4, -0.2) is 22.0 Å². The molecule has 0 saturated carbocycles. The Morgan fingerprint density at radius 1 is 1.40 bits per heavy atom. The third-order valence-corrected chi connectivity index (χ3v) is 3.18. The maximum absolute atomic E-state index is 5.95. The van der Waals surface area contributed by atoms with Crippen molar-refractivity contribution in [3.63, 3.8) is 0 Å². The number of allylic oxidation sites excluding steroid dienone is 3. The third kappa shape index (κ3) is 2.30. The minimum Gasteiger partial charge on any atom is -0.399 e. The highest BCUT2D eigenvalue weighted by Crippen LogP contribution is 2.25. The van der Waals surface area contributed by atoms with E-state index in [1.807, 2.05) is 51.2 Å². The number of rotatable bonds is 4. The van der Waals surface area contributed by atoms with Crippen LogP contribution in [0.25, 0.3) is 16.7 Å². The topological polar surface area (TPSA) is 68.8 Å². The number of hydrogen-bond donors (Lipinski definition) is 2. The van der Waals surface area contributed by atoms with Gasteiger partial charge < -0.3 is 11.1 Å². The van der Waals surface area contributed by atoms with Crippen LogP contribution in [0.3, 0.4) is 0 Å². The maximum atomic E-state index is 5.95. The van der Waals surface area contributed by atoms with Gasteiger partial charge in [0.15, 0.2) is 0 Å². The monoisotopic (exact) mass is 269 g/mol. The van der Waals surface area contributed by atoms with Gasteiger partial charge in [-0.3, -0.25) is 0 Å². The van der Waals surface area contributed by atoms with E-state index in [2.05, 4.69) is 22.2 Å².